The average Bonchev–Trinajstić information content (AvgIpc) is 3.00. The molecule has 1 saturated carbocycles. The number of carbonyl (C=O) groups excluding carboxylic acids is 1. The Bertz CT molecular complexity index is 930. The van der Waals surface area contributed by atoms with Crippen molar-refractivity contribution in [2.24, 2.45) is 0 Å². The molecular weight excluding hydrogens is 354 g/mol. The van der Waals surface area contributed by atoms with Gasteiger partial charge in [0, 0.05) is 15.8 Å². The summed E-state index contributed by atoms with van der Waals surface area (Å²) in [6.07, 6.45) is 1.93. The molecule has 1 amide bonds. The Hall–Kier alpha value is -2.04. The Morgan fingerprint density at radius 2 is 2.04 bits per heavy atom. The standard InChI is InChI=1S/C20H18ClNO2S/c1-24-17-6-5-13-10-19(25-18(13)11-17)20(23)22-16-8-14(9-16)12-3-2-4-15(21)7-12/h2-7,10-11,14,16H,8-9H2,1H3,(H,22,23). The van der Waals surface area contributed by atoms with Crippen molar-refractivity contribution in [1.82, 2.24) is 5.32 Å². The minimum atomic E-state index is 0.00899. The minimum Gasteiger partial charge on any atom is -0.497 e. The molecule has 0 aliphatic heterocycles. The Labute approximate surface area is 155 Å². The lowest BCUT2D eigenvalue weighted by molar-refractivity contribution is 0.0913. The number of benzene rings is 2. The van der Waals surface area contributed by atoms with Crippen molar-refractivity contribution in [2.45, 2.75) is 24.8 Å². The van der Waals surface area contributed by atoms with Crippen LogP contribution in [0.4, 0.5) is 0 Å². The van der Waals surface area contributed by atoms with E-state index in [2.05, 4.69) is 11.4 Å². The van der Waals surface area contributed by atoms with E-state index < -0.39 is 0 Å². The molecule has 0 atom stereocenters. The summed E-state index contributed by atoms with van der Waals surface area (Å²) in [5, 5.41) is 4.98. The molecule has 1 N–H and O–H groups in total. The molecule has 128 valence electrons. The van der Waals surface area contributed by atoms with Gasteiger partial charge in [0.2, 0.25) is 0 Å². The van der Waals surface area contributed by atoms with Gasteiger partial charge in [-0.3, -0.25) is 4.79 Å². The first-order valence-electron chi connectivity index (χ1n) is 8.26. The molecule has 0 radical (unpaired) electrons. The van der Waals surface area contributed by atoms with Gasteiger partial charge in [-0.15, -0.1) is 11.3 Å². The van der Waals surface area contributed by atoms with Gasteiger partial charge >= 0.3 is 0 Å². The van der Waals surface area contributed by atoms with Crippen molar-refractivity contribution in [3.63, 3.8) is 0 Å². The van der Waals surface area contributed by atoms with Gasteiger partial charge in [-0.05, 0) is 66.1 Å². The molecule has 0 unspecified atom stereocenters. The summed E-state index contributed by atoms with van der Waals surface area (Å²) in [6, 6.07) is 16.0. The Morgan fingerprint density at radius 1 is 1.20 bits per heavy atom. The molecule has 1 aromatic heterocycles. The van der Waals surface area contributed by atoms with Crippen molar-refractivity contribution < 1.29 is 9.53 Å². The first-order valence-corrected chi connectivity index (χ1v) is 9.46. The van der Waals surface area contributed by atoms with E-state index in [1.54, 1.807) is 7.11 Å². The van der Waals surface area contributed by atoms with Crippen molar-refractivity contribution in [2.75, 3.05) is 7.11 Å². The zero-order valence-corrected chi connectivity index (χ0v) is 15.4. The van der Waals surface area contributed by atoms with Crippen LogP contribution < -0.4 is 10.1 Å². The van der Waals surface area contributed by atoms with Gasteiger partial charge in [0.1, 0.15) is 5.75 Å². The van der Waals surface area contributed by atoms with E-state index in [1.165, 1.54) is 16.9 Å². The van der Waals surface area contributed by atoms with E-state index >= 15 is 0 Å². The van der Waals surface area contributed by atoms with Crippen LogP contribution in [0.1, 0.15) is 34.0 Å². The largest absolute Gasteiger partial charge is 0.497 e. The first-order chi connectivity index (χ1) is 12.1. The Balaban J connectivity index is 1.40. The van der Waals surface area contributed by atoms with Crippen molar-refractivity contribution in [3.05, 3.63) is 64.0 Å². The molecule has 1 aliphatic carbocycles. The van der Waals surface area contributed by atoms with Gasteiger partial charge in [0.15, 0.2) is 0 Å². The van der Waals surface area contributed by atoms with Crippen LogP contribution in [0.2, 0.25) is 5.02 Å². The maximum Gasteiger partial charge on any atom is 0.261 e. The molecule has 1 aliphatic rings. The highest BCUT2D eigenvalue weighted by molar-refractivity contribution is 7.20. The number of hydrogen-bond acceptors (Lipinski definition) is 3. The number of fused-ring (bicyclic) bond motifs is 1. The van der Waals surface area contributed by atoms with Crippen molar-refractivity contribution >= 4 is 38.9 Å². The Morgan fingerprint density at radius 3 is 2.80 bits per heavy atom. The summed E-state index contributed by atoms with van der Waals surface area (Å²) < 4.78 is 6.31. The van der Waals surface area contributed by atoms with Crippen molar-refractivity contribution in [1.29, 1.82) is 0 Å². The summed E-state index contributed by atoms with van der Waals surface area (Å²) in [6.45, 7) is 0. The van der Waals surface area contributed by atoms with E-state index in [4.69, 9.17) is 16.3 Å². The number of rotatable bonds is 4. The number of ether oxygens (including phenoxy) is 1. The molecule has 0 spiro atoms. The van der Waals surface area contributed by atoms with Gasteiger partial charge in [-0.2, -0.15) is 0 Å². The van der Waals surface area contributed by atoms with E-state index in [0.29, 0.717) is 5.92 Å². The van der Waals surface area contributed by atoms with Crippen LogP contribution in [0, 0.1) is 0 Å². The van der Waals surface area contributed by atoms with Gasteiger partial charge in [0.25, 0.3) is 5.91 Å². The number of amides is 1. The van der Waals surface area contributed by atoms with E-state index in [0.717, 1.165) is 38.6 Å². The van der Waals surface area contributed by atoms with Crippen LogP contribution in [0.5, 0.6) is 5.75 Å². The SMILES string of the molecule is COc1ccc2cc(C(=O)NC3CC(c4cccc(Cl)c4)C3)sc2c1. The normalized spacial score (nSPS) is 19.4. The van der Waals surface area contributed by atoms with E-state index in [9.17, 15) is 4.79 Å². The van der Waals surface area contributed by atoms with Crippen LogP contribution >= 0.6 is 22.9 Å². The maximum absolute atomic E-state index is 12.5. The van der Waals surface area contributed by atoms with Gasteiger partial charge < -0.3 is 10.1 Å². The molecule has 5 heteroatoms. The molecule has 0 saturated heterocycles. The van der Waals surface area contributed by atoms with E-state index in [-0.39, 0.29) is 11.9 Å². The molecule has 0 bridgehead atoms. The highest BCUT2D eigenvalue weighted by Crippen LogP contribution is 2.38. The third-order valence-electron chi connectivity index (χ3n) is 4.74. The summed E-state index contributed by atoms with van der Waals surface area (Å²) in [5.74, 6) is 1.30. The van der Waals surface area contributed by atoms with Gasteiger partial charge in [-0.25, -0.2) is 0 Å². The fourth-order valence-corrected chi connectivity index (χ4v) is 4.47. The first kappa shape index (κ1) is 16.4. The quantitative estimate of drug-likeness (QED) is 0.681. The third kappa shape index (κ3) is 3.37. The van der Waals surface area contributed by atoms with Crippen LogP contribution in [0.25, 0.3) is 10.1 Å². The summed E-state index contributed by atoms with van der Waals surface area (Å²) in [4.78, 5) is 13.3. The van der Waals surface area contributed by atoms with Gasteiger partial charge in [-0.1, -0.05) is 23.7 Å². The Kier molecular flexibility index (Phi) is 4.40. The lowest BCUT2D eigenvalue weighted by Gasteiger charge is -2.36. The smallest absolute Gasteiger partial charge is 0.261 e. The van der Waals surface area contributed by atoms with Crippen molar-refractivity contribution in [3.8, 4) is 5.75 Å². The fraction of sp³-hybridized carbons (Fsp3) is 0.250. The molecule has 3 aromatic rings. The van der Waals surface area contributed by atoms with Crippen LogP contribution in [-0.4, -0.2) is 19.1 Å². The number of methoxy groups -OCH3 is 1. The number of thiophene rings is 1. The summed E-state index contributed by atoms with van der Waals surface area (Å²) >= 11 is 7.55. The zero-order valence-electron chi connectivity index (χ0n) is 13.8. The third-order valence-corrected chi connectivity index (χ3v) is 6.08. The van der Waals surface area contributed by atoms with Crippen LogP contribution in [0.15, 0.2) is 48.5 Å². The number of hydrogen-bond donors (Lipinski definition) is 1. The summed E-state index contributed by atoms with van der Waals surface area (Å²) in [7, 11) is 1.65. The zero-order chi connectivity index (χ0) is 17.4. The lowest BCUT2D eigenvalue weighted by Crippen LogP contribution is -2.43. The fourth-order valence-electron chi connectivity index (χ4n) is 3.28. The number of nitrogens with one attached hydrogen (secondary N) is 1. The predicted molar refractivity (Wildman–Crippen MR) is 103 cm³/mol. The van der Waals surface area contributed by atoms with E-state index in [1.807, 2.05) is 42.5 Å². The second kappa shape index (κ2) is 6.70. The average molecular weight is 372 g/mol. The highest BCUT2D eigenvalue weighted by atomic mass is 35.5. The number of halogens is 1. The van der Waals surface area contributed by atoms with Gasteiger partial charge in [0.05, 0.1) is 12.0 Å². The monoisotopic (exact) mass is 371 g/mol. The number of carbonyl (C=O) groups is 1. The molecule has 2 aromatic carbocycles. The molecule has 1 heterocycles. The van der Waals surface area contributed by atoms with Crippen LogP contribution in [-0.2, 0) is 0 Å². The topological polar surface area (TPSA) is 38.3 Å². The minimum absolute atomic E-state index is 0.00899. The maximum atomic E-state index is 12.5. The molecule has 4 rings (SSSR count). The second-order valence-corrected chi connectivity index (χ2v) is 7.93. The molecule has 1 fully saturated rings. The summed E-state index contributed by atoms with van der Waals surface area (Å²) in [5.41, 5.74) is 1.26. The second-order valence-electron chi connectivity index (χ2n) is 6.41. The lowest BCUT2D eigenvalue weighted by atomic mass is 9.76. The highest BCUT2D eigenvalue weighted by Gasteiger charge is 2.31. The predicted octanol–water partition coefficient (Wildman–Crippen LogP) is 5.24. The molecule has 25 heavy (non-hydrogen) atoms. The van der Waals surface area contributed by atoms with Crippen LogP contribution in [0.3, 0.4) is 0 Å². The molecular formula is C20H18ClNO2S. The molecule has 3 nitrogen and oxygen atoms in total.